The molecule has 0 bridgehead atoms. The average molecular weight is 220 g/mol. The van der Waals surface area contributed by atoms with Gasteiger partial charge in [-0.3, -0.25) is 5.94 Å². The van der Waals surface area contributed by atoms with Gasteiger partial charge >= 0.3 is 18.9 Å². The second-order valence-corrected chi connectivity index (χ2v) is 11.2. The van der Waals surface area contributed by atoms with E-state index in [0.29, 0.717) is 0 Å². The van der Waals surface area contributed by atoms with Crippen molar-refractivity contribution in [2.24, 2.45) is 0 Å². The van der Waals surface area contributed by atoms with Crippen molar-refractivity contribution in [2.45, 2.75) is 58.5 Å². The Bertz CT molecular complexity index is 210. The third-order valence-corrected chi connectivity index (χ3v) is 4.18. The van der Waals surface area contributed by atoms with Crippen molar-refractivity contribution in [1.29, 1.82) is 0 Å². The van der Waals surface area contributed by atoms with Gasteiger partial charge in [0.15, 0.2) is 0 Å². The van der Waals surface area contributed by atoms with Crippen LogP contribution in [0.3, 0.4) is 0 Å². The van der Waals surface area contributed by atoms with Gasteiger partial charge in [-0.05, 0) is 27.7 Å². The molecule has 1 fully saturated rings. The molecule has 1 aliphatic heterocycles. The van der Waals surface area contributed by atoms with Gasteiger partial charge in [0, 0.05) is 0 Å². The van der Waals surface area contributed by atoms with E-state index in [0.717, 1.165) is 0 Å². The average Bonchev–Trinajstić information content (AvgIpc) is 1.94. The molecule has 15 heavy (non-hydrogen) atoms. The molecule has 1 rings (SSSR count). The van der Waals surface area contributed by atoms with E-state index in [1.165, 1.54) is 0 Å². The van der Waals surface area contributed by atoms with E-state index in [4.69, 9.17) is 9.31 Å². The topological polar surface area (TPSA) is 18.5 Å². The third-order valence-electron chi connectivity index (χ3n) is 2.91. The molecule has 0 aromatic rings. The van der Waals surface area contributed by atoms with Crippen LogP contribution in [0.1, 0.15) is 27.7 Å². The minimum absolute atomic E-state index is 0. The zero-order valence-electron chi connectivity index (χ0n) is 11.5. The zero-order chi connectivity index (χ0) is 11.2. The van der Waals surface area contributed by atoms with Crippen molar-refractivity contribution in [3.8, 4) is 0 Å². The van der Waals surface area contributed by atoms with Gasteiger partial charge in [0.05, 0.1) is 11.2 Å². The Kier molecular flexibility index (Phi) is 4.83. The molecule has 1 saturated heterocycles. The normalized spacial score (nSPS) is 23.8. The van der Waals surface area contributed by atoms with Gasteiger partial charge in [-0.1, -0.05) is 19.6 Å². The van der Waals surface area contributed by atoms with E-state index in [1.807, 2.05) is 0 Å². The standard InChI is InChI=1S/C10H22BO2Si.Li/c1-9(2)10(3,4)13-11(12-9)8-14(5,6)7;/h8H,1-7H3;/q-1;+1. The molecule has 0 aliphatic carbocycles. The van der Waals surface area contributed by atoms with E-state index in [-0.39, 0.29) is 37.2 Å². The minimum Gasteiger partial charge on any atom is -0.430 e. The van der Waals surface area contributed by atoms with Crippen LogP contribution in [0.2, 0.25) is 19.6 Å². The Morgan fingerprint density at radius 3 is 1.53 bits per heavy atom. The summed E-state index contributed by atoms with van der Waals surface area (Å²) in [6.45, 7) is 15.2. The van der Waals surface area contributed by atoms with Gasteiger partial charge in [0.25, 0.3) is 7.12 Å². The molecule has 0 unspecified atom stereocenters. The Morgan fingerprint density at radius 1 is 0.933 bits per heavy atom. The SMILES string of the molecule is CC1(C)OB([CH-][Si](C)(C)C)OC1(C)C.[Li+]. The van der Waals surface area contributed by atoms with Crippen LogP contribution in [0, 0.1) is 5.94 Å². The van der Waals surface area contributed by atoms with Crippen molar-refractivity contribution in [1.82, 2.24) is 0 Å². The third kappa shape index (κ3) is 3.94. The van der Waals surface area contributed by atoms with Crippen LogP contribution in [0.5, 0.6) is 0 Å². The van der Waals surface area contributed by atoms with Crippen molar-refractivity contribution < 1.29 is 28.2 Å². The fourth-order valence-corrected chi connectivity index (χ4v) is 2.32. The maximum atomic E-state index is 5.90. The molecule has 0 amide bonds. The summed E-state index contributed by atoms with van der Waals surface area (Å²) < 4.78 is 11.8. The van der Waals surface area contributed by atoms with E-state index >= 15 is 0 Å². The van der Waals surface area contributed by atoms with E-state index in [9.17, 15) is 0 Å². The molecule has 2 nitrogen and oxygen atoms in total. The maximum absolute atomic E-state index is 5.90. The Morgan fingerprint density at radius 2 is 1.27 bits per heavy atom. The summed E-state index contributed by atoms with van der Waals surface area (Å²) in [6.07, 6.45) is 0. The van der Waals surface area contributed by atoms with Gasteiger partial charge in [-0.25, -0.2) is 0 Å². The first-order valence-corrected chi connectivity index (χ1v) is 8.83. The number of hydrogen-bond acceptors (Lipinski definition) is 2. The summed E-state index contributed by atoms with van der Waals surface area (Å²) in [5, 5.41) is 0. The molecule has 5 heteroatoms. The van der Waals surface area contributed by atoms with Crippen LogP contribution in [0.15, 0.2) is 0 Å². The fourth-order valence-electron chi connectivity index (χ4n) is 1.36. The van der Waals surface area contributed by atoms with Crippen molar-refractivity contribution in [3.05, 3.63) is 5.94 Å². The smallest absolute Gasteiger partial charge is 0.430 e. The minimum atomic E-state index is -1.22. The number of hydrogen-bond donors (Lipinski definition) is 0. The predicted molar refractivity (Wildman–Crippen MR) is 63.7 cm³/mol. The van der Waals surface area contributed by atoms with Crippen molar-refractivity contribution in [3.63, 3.8) is 0 Å². The molecular formula is C10H22BLiO2Si. The molecule has 0 atom stereocenters. The second-order valence-electron chi connectivity index (χ2n) is 6.16. The van der Waals surface area contributed by atoms with Crippen LogP contribution in [0.4, 0.5) is 0 Å². The first-order valence-electron chi connectivity index (χ1n) is 5.25. The maximum Gasteiger partial charge on any atom is 1.00 e. The summed E-state index contributed by atoms with van der Waals surface area (Å²) in [4.78, 5) is 0. The molecule has 0 aromatic heterocycles. The summed E-state index contributed by atoms with van der Waals surface area (Å²) in [5.41, 5.74) is -0.401. The first-order chi connectivity index (χ1) is 6.04. The summed E-state index contributed by atoms with van der Waals surface area (Å²) >= 11 is 0. The van der Waals surface area contributed by atoms with Gasteiger partial charge in [-0.2, -0.15) is 0 Å². The molecule has 0 radical (unpaired) electrons. The molecule has 0 N–H and O–H groups in total. The predicted octanol–water partition coefficient (Wildman–Crippen LogP) is -0.297. The van der Waals surface area contributed by atoms with Crippen molar-refractivity contribution in [2.75, 3.05) is 0 Å². The molecule has 1 heterocycles. The summed E-state index contributed by atoms with van der Waals surface area (Å²) in [7, 11) is -1.34. The van der Waals surface area contributed by atoms with Crippen LogP contribution in [-0.2, 0) is 9.31 Å². The molecule has 1 aliphatic rings. The largest absolute Gasteiger partial charge is 1.00 e. The Hall–Kier alpha value is 0.799. The van der Waals surface area contributed by atoms with E-state index in [1.54, 1.807) is 0 Å². The van der Waals surface area contributed by atoms with Crippen LogP contribution in [0.25, 0.3) is 0 Å². The summed E-state index contributed by atoms with van der Waals surface area (Å²) in [6, 6.07) is 0. The molecule has 82 valence electrons. The molecule has 0 spiro atoms. The van der Waals surface area contributed by atoms with Crippen molar-refractivity contribution >= 4 is 15.2 Å². The van der Waals surface area contributed by atoms with Crippen LogP contribution < -0.4 is 18.9 Å². The number of rotatable bonds is 2. The van der Waals surface area contributed by atoms with E-state index in [2.05, 4.69) is 53.3 Å². The van der Waals surface area contributed by atoms with Gasteiger partial charge in [0.1, 0.15) is 0 Å². The van der Waals surface area contributed by atoms with Gasteiger partial charge in [0.2, 0.25) is 0 Å². The van der Waals surface area contributed by atoms with Gasteiger partial charge in [-0.15, -0.1) is 8.07 Å². The Balaban J connectivity index is 0.00000196. The monoisotopic (exact) mass is 220 g/mol. The van der Waals surface area contributed by atoms with Gasteiger partial charge < -0.3 is 9.31 Å². The fraction of sp³-hybridized carbons (Fsp3) is 0.900. The first kappa shape index (κ1) is 15.8. The zero-order valence-corrected chi connectivity index (χ0v) is 12.5. The van der Waals surface area contributed by atoms with Crippen LogP contribution >= 0.6 is 0 Å². The second kappa shape index (κ2) is 4.58. The Labute approximate surface area is 108 Å². The molecule has 0 saturated carbocycles. The summed E-state index contributed by atoms with van der Waals surface area (Å²) in [5.74, 6) is 2.25. The van der Waals surface area contributed by atoms with E-state index < -0.39 is 8.07 Å². The molecular weight excluding hydrogens is 198 g/mol. The quantitative estimate of drug-likeness (QED) is 0.470. The van der Waals surface area contributed by atoms with Crippen LogP contribution in [-0.4, -0.2) is 26.4 Å². The molecule has 0 aromatic carbocycles.